The Balaban J connectivity index is 1.89. The summed E-state index contributed by atoms with van der Waals surface area (Å²) in [7, 11) is 1.64. The van der Waals surface area contributed by atoms with Gasteiger partial charge in [-0.15, -0.1) is 0 Å². The summed E-state index contributed by atoms with van der Waals surface area (Å²) in [4.78, 5) is 14.3. The van der Waals surface area contributed by atoms with Crippen LogP contribution in [0.5, 0.6) is 5.75 Å². The predicted octanol–water partition coefficient (Wildman–Crippen LogP) is 1.54. The van der Waals surface area contributed by atoms with Crippen LogP contribution in [0.3, 0.4) is 0 Å². The van der Waals surface area contributed by atoms with E-state index in [1.54, 1.807) is 7.11 Å². The average Bonchev–Trinajstić information content (AvgIpc) is 2.48. The van der Waals surface area contributed by atoms with Crippen molar-refractivity contribution in [3.8, 4) is 5.75 Å². The van der Waals surface area contributed by atoms with Gasteiger partial charge in [-0.2, -0.15) is 0 Å². The second-order valence-corrected chi connectivity index (χ2v) is 6.06. The molecule has 2 N–H and O–H groups in total. The number of methoxy groups -OCH3 is 1. The van der Waals surface area contributed by atoms with Gasteiger partial charge in [-0.25, -0.2) is 0 Å². The first kappa shape index (κ1) is 16.3. The van der Waals surface area contributed by atoms with Crippen molar-refractivity contribution in [2.45, 2.75) is 13.0 Å². The quantitative estimate of drug-likeness (QED) is 0.841. The van der Waals surface area contributed by atoms with Crippen molar-refractivity contribution in [1.29, 1.82) is 0 Å². The smallest absolute Gasteiger partial charge is 0.234 e. The number of carbonyl (C=O) groups excluding carboxylic acids is 1. The van der Waals surface area contributed by atoms with Crippen molar-refractivity contribution in [3.63, 3.8) is 0 Å². The van der Waals surface area contributed by atoms with E-state index in [0.717, 1.165) is 42.0 Å². The predicted molar refractivity (Wildman–Crippen MR) is 86.6 cm³/mol. The summed E-state index contributed by atoms with van der Waals surface area (Å²) in [6, 6.07) is 5.83. The lowest BCUT2D eigenvalue weighted by molar-refractivity contribution is -0.123. The van der Waals surface area contributed by atoms with Gasteiger partial charge in [0.25, 0.3) is 0 Å². The molecule has 0 aliphatic carbocycles. The lowest BCUT2D eigenvalue weighted by atomic mass is 10.1. The summed E-state index contributed by atoms with van der Waals surface area (Å²) < 4.78 is 6.11. The van der Waals surface area contributed by atoms with Crippen LogP contribution in [0.25, 0.3) is 0 Å². The zero-order valence-corrected chi connectivity index (χ0v) is 14.1. The fourth-order valence-electron chi connectivity index (χ4n) is 2.39. The van der Waals surface area contributed by atoms with Gasteiger partial charge >= 0.3 is 0 Å². The molecule has 1 fully saturated rings. The van der Waals surface area contributed by atoms with Gasteiger partial charge in [0.2, 0.25) is 5.91 Å². The maximum Gasteiger partial charge on any atom is 0.234 e. The van der Waals surface area contributed by atoms with Crippen LogP contribution in [-0.2, 0) is 4.79 Å². The Hall–Kier alpha value is -1.11. The zero-order chi connectivity index (χ0) is 15.2. The lowest BCUT2D eigenvalue weighted by Crippen LogP contribution is -2.47. The largest absolute Gasteiger partial charge is 0.496 e. The number of nitrogens with zero attached hydrogens (tertiary/aromatic N) is 1. The van der Waals surface area contributed by atoms with Crippen LogP contribution in [0.4, 0.5) is 0 Å². The number of piperazine rings is 1. The molecule has 1 aliphatic heterocycles. The lowest BCUT2D eigenvalue weighted by Gasteiger charge is -2.27. The first-order valence-corrected chi connectivity index (χ1v) is 7.95. The van der Waals surface area contributed by atoms with E-state index in [9.17, 15) is 4.79 Å². The van der Waals surface area contributed by atoms with Crippen LogP contribution in [0, 0.1) is 0 Å². The molecule has 1 heterocycles. The van der Waals surface area contributed by atoms with Crippen LogP contribution < -0.4 is 15.4 Å². The number of hydrogen-bond acceptors (Lipinski definition) is 4. The molecule has 21 heavy (non-hydrogen) atoms. The molecular formula is C15H22BrN3O2. The van der Waals surface area contributed by atoms with E-state index in [-0.39, 0.29) is 11.9 Å². The molecule has 1 atom stereocenters. The Morgan fingerprint density at radius 1 is 1.48 bits per heavy atom. The van der Waals surface area contributed by atoms with E-state index in [1.165, 1.54) is 0 Å². The summed E-state index contributed by atoms with van der Waals surface area (Å²) in [6.07, 6.45) is 0. The maximum absolute atomic E-state index is 12.1. The highest BCUT2D eigenvalue weighted by Crippen LogP contribution is 2.27. The molecule has 1 aliphatic rings. The number of nitrogens with one attached hydrogen (secondary N) is 2. The van der Waals surface area contributed by atoms with Crippen LogP contribution in [-0.4, -0.2) is 50.6 Å². The van der Waals surface area contributed by atoms with Gasteiger partial charge in [-0.05, 0) is 40.5 Å². The zero-order valence-electron chi connectivity index (χ0n) is 12.5. The Bertz CT molecular complexity index is 490. The molecule has 0 saturated carbocycles. The minimum atomic E-state index is -0.0254. The van der Waals surface area contributed by atoms with Crippen molar-refractivity contribution in [2.24, 2.45) is 0 Å². The number of ether oxygens (including phenoxy) is 1. The van der Waals surface area contributed by atoms with Crippen molar-refractivity contribution < 1.29 is 9.53 Å². The molecule has 1 aromatic carbocycles. The summed E-state index contributed by atoms with van der Waals surface area (Å²) in [5, 5.41) is 6.33. The molecule has 1 unspecified atom stereocenters. The summed E-state index contributed by atoms with van der Waals surface area (Å²) in [6.45, 7) is 6.21. The third-order valence-corrected chi connectivity index (χ3v) is 4.25. The highest BCUT2D eigenvalue weighted by molar-refractivity contribution is 9.10. The second-order valence-electron chi connectivity index (χ2n) is 5.21. The van der Waals surface area contributed by atoms with E-state index < -0.39 is 0 Å². The Kier molecular flexibility index (Phi) is 6.02. The SMILES string of the molecule is COc1ccc(C(C)NC(=O)CN2CCNCC2)cc1Br. The molecule has 1 aromatic rings. The Labute approximate surface area is 134 Å². The van der Waals surface area contributed by atoms with Crippen molar-refractivity contribution in [1.82, 2.24) is 15.5 Å². The summed E-state index contributed by atoms with van der Waals surface area (Å²) >= 11 is 3.47. The number of amides is 1. The molecule has 5 nitrogen and oxygen atoms in total. The number of hydrogen-bond donors (Lipinski definition) is 2. The monoisotopic (exact) mass is 355 g/mol. The van der Waals surface area contributed by atoms with Gasteiger partial charge in [0.15, 0.2) is 0 Å². The van der Waals surface area contributed by atoms with Gasteiger partial charge in [-0.1, -0.05) is 6.07 Å². The molecule has 0 spiro atoms. The Morgan fingerprint density at radius 3 is 2.81 bits per heavy atom. The number of rotatable bonds is 5. The fourth-order valence-corrected chi connectivity index (χ4v) is 2.95. The number of benzene rings is 1. The van der Waals surface area contributed by atoms with E-state index in [1.807, 2.05) is 25.1 Å². The number of carbonyl (C=O) groups is 1. The van der Waals surface area contributed by atoms with Gasteiger partial charge < -0.3 is 15.4 Å². The third kappa shape index (κ3) is 4.69. The minimum absolute atomic E-state index is 0.0254. The number of halogens is 1. The molecule has 6 heteroatoms. The van der Waals surface area contributed by atoms with Gasteiger partial charge in [-0.3, -0.25) is 9.69 Å². The fraction of sp³-hybridized carbons (Fsp3) is 0.533. The molecule has 0 radical (unpaired) electrons. The van der Waals surface area contributed by atoms with Crippen LogP contribution in [0.1, 0.15) is 18.5 Å². The molecule has 1 amide bonds. The molecular weight excluding hydrogens is 334 g/mol. The van der Waals surface area contributed by atoms with Crippen LogP contribution in [0.15, 0.2) is 22.7 Å². The van der Waals surface area contributed by atoms with E-state index in [4.69, 9.17) is 4.74 Å². The van der Waals surface area contributed by atoms with Crippen LogP contribution >= 0.6 is 15.9 Å². The summed E-state index contributed by atoms with van der Waals surface area (Å²) in [5.41, 5.74) is 1.05. The third-order valence-electron chi connectivity index (χ3n) is 3.63. The first-order valence-electron chi connectivity index (χ1n) is 7.16. The van der Waals surface area contributed by atoms with Gasteiger partial charge in [0.1, 0.15) is 5.75 Å². The van der Waals surface area contributed by atoms with Crippen molar-refractivity contribution in [3.05, 3.63) is 28.2 Å². The molecule has 2 rings (SSSR count). The molecule has 0 aromatic heterocycles. The van der Waals surface area contributed by atoms with Gasteiger partial charge in [0, 0.05) is 26.2 Å². The minimum Gasteiger partial charge on any atom is -0.496 e. The van der Waals surface area contributed by atoms with Crippen molar-refractivity contribution >= 4 is 21.8 Å². The standard InChI is InChI=1S/C15H22BrN3O2/c1-11(12-3-4-14(21-2)13(16)9-12)18-15(20)10-19-7-5-17-6-8-19/h3-4,9,11,17H,5-8,10H2,1-2H3,(H,18,20). The van der Waals surface area contributed by atoms with E-state index >= 15 is 0 Å². The second kappa shape index (κ2) is 7.77. The van der Waals surface area contributed by atoms with Gasteiger partial charge in [0.05, 0.1) is 24.2 Å². The summed E-state index contributed by atoms with van der Waals surface area (Å²) in [5.74, 6) is 0.856. The Morgan fingerprint density at radius 2 is 2.19 bits per heavy atom. The van der Waals surface area contributed by atoms with E-state index in [2.05, 4.69) is 31.5 Å². The topological polar surface area (TPSA) is 53.6 Å². The highest BCUT2D eigenvalue weighted by Gasteiger charge is 2.16. The maximum atomic E-state index is 12.1. The van der Waals surface area contributed by atoms with Crippen LogP contribution in [0.2, 0.25) is 0 Å². The first-order chi connectivity index (χ1) is 10.1. The van der Waals surface area contributed by atoms with E-state index in [0.29, 0.717) is 6.54 Å². The average molecular weight is 356 g/mol. The highest BCUT2D eigenvalue weighted by atomic mass is 79.9. The molecule has 0 bridgehead atoms. The molecule has 1 saturated heterocycles. The molecule has 116 valence electrons. The normalized spacial score (nSPS) is 17.3. The van der Waals surface area contributed by atoms with Crippen molar-refractivity contribution in [2.75, 3.05) is 39.8 Å².